The van der Waals surface area contributed by atoms with Crippen molar-refractivity contribution in [3.63, 3.8) is 0 Å². The zero-order valence-corrected chi connectivity index (χ0v) is 15.3. The third kappa shape index (κ3) is 4.68. The number of carbonyl (C=O) groups excluding carboxylic acids is 1. The van der Waals surface area contributed by atoms with E-state index in [1.54, 1.807) is 12.4 Å². The van der Waals surface area contributed by atoms with Gasteiger partial charge < -0.3 is 14.2 Å². The lowest BCUT2D eigenvalue weighted by molar-refractivity contribution is -0.135. The Balaban J connectivity index is 1.25. The predicted molar refractivity (Wildman–Crippen MR) is 96.6 cm³/mol. The van der Waals surface area contributed by atoms with Crippen molar-refractivity contribution >= 4 is 5.91 Å². The average Bonchev–Trinajstić information content (AvgIpc) is 3.18. The molecule has 4 heterocycles. The van der Waals surface area contributed by atoms with E-state index in [1.807, 2.05) is 17.0 Å². The molecule has 4 rings (SSSR count). The molecule has 0 aliphatic carbocycles. The second-order valence-corrected chi connectivity index (χ2v) is 6.80. The third-order valence-corrected chi connectivity index (χ3v) is 4.93. The van der Waals surface area contributed by atoms with E-state index >= 15 is 0 Å². The highest BCUT2D eigenvalue weighted by molar-refractivity contribution is 5.78. The number of carbonyl (C=O) groups is 1. The van der Waals surface area contributed by atoms with Gasteiger partial charge in [0.05, 0.1) is 26.3 Å². The SMILES string of the molecule is O=C(CN1CCOCC1)N1CCN(Cc2nc(-c3cccnc3)no2)CC1. The number of nitrogens with zero attached hydrogens (tertiary/aromatic N) is 6. The summed E-state index contributed by atoms with van der Waals surface area (Å²) in [7, 11) is 0. The van der Waals surface area contributed by atoms with Crippen molar-refractivity contribution < 1.29 is 14.1 Å². The molecule has 2 saturated heterocycles. The summed E-state index contributed by atoms with van der Waals surface area (Å²) >= 11 is 0. The standard InChI is InChI=1S/C18H24N6O3/c25-17(14-23-8-10-26-11-9-23)24-6-4-22(5-7-24)13-16-20-18(21-27-16)15-2-1-3-19-12-15/h1-3,12H,4-11,13-14H2. The number of hydrogen-bond acceptors (Lipinski definition) is 8. The monoisotopic (exact) mass is 372 g/mol. The smallest absolute Gasteiger partial charge is 0.241 e. The molecule has 1 amide bonds. The van der Waals surface area contributed by atoms with Crippen LogP contribution in [0.2, 0.25) is 0 Å². The highest BCUT2D eigenvalue weighted by Gasteiger charge is 2.24. The van der Waals surface area contributed by atoms with Gasteiger partial charge in [0.25, 0.3) is 0 Å². The molecular weight excluding hydrogens is 348 g/mol. The quantitative estimate of drug-likeness (QED) is 0.731. The van der Waals surface area contributed by atoms with E-state index in [9.17, 15) is 4.79 Å². The molecule has 2 aliphatic heterocycles. The van der Waals surface area contributed by atoms with Crippen LogP contribution in [0.4, 0.5) is 0 Å². The Hall–Kier alpha value is -2.36. The van der Waals surface area contributed by atoms with E-state index < -0.39 is 0 Å². The van der Waals surface area contributed by atoms with Gasteiger partial charge in [0, 0.05) is 57.2 Å². The molecule has 144 valence electrons. The Morgan fingerprint density at radius 3 is 2.63 bits per heavy atom. The van der Waals surface area contributed by atoms with Crippen molar-refractivity contribution in [1.29, 1.82) is 0 Å². The molecular formula is C18H24N6O3. The van der Waals surface area contributed by atoms with E-state index in [0.717, 1.165) is 44.8 Å². The third-order valence-electron chi connectivity index (χ3n) is 4.93. The molecule has 0 N–H and O–H groups in total. The molecule has 2 fully saturated rings. The van der Waals surface area contributed by atoms with Crippen molar-refractivity contribution in [3.05, 3.63) is 30.4 Å². The Bertz CT molecular complexity index is 739. The van der Waals surface area contributed by atoms with Gasteiger partial charge in [-0.15, -0.1) is 0 Å². The Kier molecular flexibility index (Phi) is 5.71. The van der Waals surface area contributed by atoms with Gasteiger partial charge >= 0.3 is 0 Å². The molecule has 0 unspecified atom stereocenters. The van der Waals surface area contributed by atoms with E-state index in [2.05, 4.69) is 24.9 Å². The Labute approximate surface area is 157 Å². The first kappa shape index (κ1) is 18.0. The number of hydrogen-bond donors (Lipinski definition) is 0. The molecule has 0 aromatic carbocycles. The molecule has 0 saturated carbocycles. The summed E-state index contributed by atoms with van der Waals surface area (Å²) in [5.41, 5.74) is 0.839. The summed E-state index contributed by atoms with van der Waals surface area (Å²) in [6.07, 6.45) is 3.43. The molecule has 27 heavy (non-hydrogen) atoms. The van der Waals surface area contributed by atoms with Crippen LogP contribution >= 0.6 is 0 Å². The molecule has 0 radical (unpaired) electrons. The maximum Gasteiger partial charge on any atom is 0.241 e. The molecule has 2 aromatic rings. The van der Waals surface area contributed by atoms with E-state index in [-0.39, 0.29) is 5.91 Å². The predicted octanol–water partition coefficient (Wildman–Crippen LogP) is 0.108. The zero-order valence-electron chi connectivity index (χ0n) is 15.3. The van der Waals surface area contributed by atoms with Crippen LogP contribution in [0.5, 0.6) is 0 Å². The number of morpholine rings is 1. The van der Waals surface area contributed by atoms with Crippen molar-refractivity contribution in [2.45, 2.75) is 6.54 Å². The first-order valence-electron chi connectivity index (χ1n) is 9.31. The minimum absolute atomic E-state index is 0.202. The largest absolute Gasteiger partial charge is 0.379 e. The number of amides is 1. The maximum absolute atomic E-state index is 12.5. The first-order valence-corrected chi connectivity index (χ1v) is 9.31. The Morgan fingerprint density at radius 2 is 1.89 bits per heavy atom. The van der Waals surface area contributed by atoms with Gasteiger partial charge in [-0.2, -0.15) is 4.98 Å². The van der Waals surface area contributed by atoms with Crippen LogP contribution in [0.25, 0.3) is 11.4 Å². The first-order chi connectivity index (χ1) is 13.3. The summed E-state index contributed by atoms with van der Waals surface area (Å²) in [6.45, 7) is 7.25. The minimum Gasteiger partial charge on any atom is -0.379 e. The number of ether oxygens (including phenoxy) is 1. The minimum atomic E-state index is 0.202. The average molecular weight is 372 g/mol. The molecule has 2 aliphatic rings. The van der Waals surface area contributed by atoms with E-state index in [4.69, 9.17) is 9.26 Å². The van der Waals surface area contributed by atoms with Crippen molar-refractivity contribution in [2.24, 2.45) is 0 Å². The highest BCUT2D eigenvalue weighted by Crippen LogP contribution is 2.15. The summed E-state index contributed by atoms with van der Waals surface area (Å²) in [4.78, 5) is 27.3. The topological polar surface area (TPSA) is 87.8 Å². The van der Waals surface area contributed by atoms with Gasteiger partial charge in [-0.3, -0.25) is 19.6 Å². The summed E-state index contributed by atoms with van der Waals surface area (Å²) in [6, 6.07) is 3.75. The van der Waals surface area contributed by atoms with Crippen LogP contribution in [0, 0.1) is 0 Å². The van der Waals surface area contributed by atoms with Gasteiger partial charge in [-0.25, -0.2) is 0 Å². The van der Waals surface area contributed by atoms with Crippen molar-refractivity contribution in [3.8, 4) is 11.4 Å². The van der Waals surface area contributed by atoms with Crippen molar-refractivity contribution in [1.82, 2.24) is 29.8 Å². The molecule has 0 spiro atoms. The van der Waals surface area contributed by atoms with Gasteiger partial charge in [0.15, 0.2) is 0 Å². The van der Waals surface area contributed by atoms with Crippen LogP contribution in [0.3, 0.4) is 0 Å². The Morgan fingerprint density at radius 1 is 1.07 bits per heavy atom. The van der Waals surface area contributed by atoms with E-state index in [1.165, 1.54) is 0 Å². The fourth-order valence-electron chi connectivity index (χ4n) is 3.33. The normalized spacial score (nSPS) is 19.3. The van der Waals surface area contributed by atoms with Crippen molar-refractivity contribution in [2.75, 3.05) is 59.0 Å². The molecule has 0 atom stereocenters. The van der Waals surface area contributed by atoms with Gasteiger partial charge in [-0.05, 0) is 12.1 Å². The summed E-state index contributed by atoms with van der Waals surface area (Å²) in [5, 5.41) is 4.03. The lowest BCUT2D eigenvalue weighted by Crippen LogP contribution is -2.52. The lowest BCUT2D eigenvalue weighted by atomic mass is 10.3. The number of rotatable bonds is 5. The fraction of sp³-hybridized carbons (Fsp3) is 0.556. The summed E-state index contributed by atoms with van der Waals surface area (Å²) in [5.74, 6) is 1.34. The molecule has 9 nitrogen and oxygen atoms in total. The van der Waals surface area contributed by atoms with Gasteiger partial charge in [-0.1, -0.05) is 5.16 Å². The van der Waals surface area contributed by atoms with Crippen LogP contribution in [0.15, 0.2) is 29.0 Å². The summed E-state index contributed by atoms with van der Waals surface area (Å²) < 4.78 is 10.7. The molecule has 9 heteroatoms. The van der Waals surface area contributed by atoms with Gasteiger partial charge in [0.2, 0.25) is 17.6 Å². The highest BCUT2D eigenvalue weighted by atomic mass is 16.5. The lowest BCUT2D eigenvalue weighted by Gasteiger charge is -2.35. The molecule has 2 aromatic heterocycles. The fourth-order valence-corrected chi connectivity index (χ4v) is 3.33. The molecule has 0 bridgehead atoms. The van der Waals surface area contributed by atoms with E-state index in [0.29, 0.717) is 38.0 Å². The second kappa shape index (κ2) is 8.55. The number of pyridine rings is 1. The van der Waals surface area contributed by atoms with Crippen LogP contribution in [0.1, 0.15) is 5.89 Å². The second-order valence-electron chi connectivity index (χ2n) is 6.80. The zero-order chi connectivity index (χ0) is 18.5. The number of piperazine rings is 1. The van der Waals surface area contributed by atoms with Crippen LogP contribution < -0.4 is 0 Å². The van der Waals surface area contributed by atoms with Crippen LogP contribution in [-0.4, -0.2) is 94.8 Å². The van der Waals surface area contributed by atoms with Gasteiger partial charge in [0.1, 0.15) is 0 Å². The maximum atomic E-state index is 12.5. The van der Waals surface area contributed by atoms with Crippen LogP contribution in [-0.2, 0) is 16.1 Å². The number of aromatic nitrogens is 3.